The second-order valence-corrected chi connectivity index (χ2v) is 3.21. The SMILES string of the molecule is NC(=S)Oc1ccc(Cl)c(Cl)c1. The predicted molar refractivity (Wildman–Crippen MR) is 53.9 cm³/mol. The number of hydrogen-bond donors (Lipinski definition) is 1. The largest absolute Gasteiger partial charge is 0.432 e. The quantitative estimate of drug-likeness (QED) is 0.741. The second kappa shape index (κ2) is 3.94. The lowest BCUT2D eigenvalue weighted by Crippen LogP contribution is -2.15. The monoisotopic (exact) mass is 221 g/mol. The summed E-state index contributed by atoms with van der Waals surface area (Å²) in [5.74, 6) is 0.483. The lowest BCUT2D eigenvalue weighted by Gasteiger charge is -2.02. The maximum atomic E-state index is 5.70. The van der Waals surface area contributed by atoms with Crippen LogP contribution in [0.1, 0.15) is 0 Å². The van der Waals surface area contributed by atoms with Gasteiger partial charge in [-0.05, 0) is 24.4 Å². The van der Waals surface area contributed by atoms with Crippen molar-refractivity contribution in [2.75, 3.05) is 0 Å². The molecule has 0 heterocycles. The highest BCUT2D eigenvalue weighted by Crippen LogP contribution is 2.26. The van der Waals surface area contributed by atoms with Crippen LogP contribution in [-0.4, -0.2) is 5.17 Å². The molecule has 0 bridgehead atoms. The Hall–Kier alpha value is -0.510. The van der Waals surface area contributed by atoms with Crippen molar-refractivity contribution in [2.24, 2.45) is 5.73 Å². The normalized spacial score (nSPS) is 9.50. The van der Waals surface area contributed by atoms with Crippen molar-refractivity contribution < 1.29 is 4.74 Å². The van der Waals surface area contributed by atoms with E-state index in [0.29, 0.717) is 15.8 Å². The second-order valence-electron chi connectivity index (χ2n) is 2.00. The molecule has 0 unspecified atom stereocenters. The van der Waals surface area contributed by atoms with Crippen LogP contribution in [-0.2, 0) is 0 Å². The van der Waals surface area contributed by atoms with Gasteiger partial charge in [0.05, 0.1) is 10.0 Å². The van der Waals surface area contributed by atoms with Crippen molar-refractivity contribution in [3.8, 4) is 5.75 Å². The molecule has 0 amide bonds. The molecule has 0 aliphatic rings. The van der Waals surface area contributed by atoms with E-state index in [1.165, 1.54) is 0 Å². The first-order chi connectivity index (χ1) is 5.59. The molecule has 1 rings (SSSR count). The maximum Gasteiger partial charge on any atom is 0.259 e. The van der Waals surface area contributed by atoms with Gasteiger partial charge in [0.1, 0.15) is 5.75 Å². The summed E-state index contributed by atoms with van der Waals surface area (Å²) in [7, 11) is 0. The Morgan fingerprint density at radius 2 is 2.00 bits per heavy atom. The summed E-state index contributed by atoms with van der Waals surface area (Å²) in [5, 5.41) is 0.825. The van der Waals surface area contributed by atoms with E-state index in [9.17, 15) is 0 Å². The Bertz CT molecular complexity index is 316. The third kappa shape index (κ3) is 2.52. The third-order valence-electron chi connectivity index (χ3n) is 1.11. The van der Waals surface area contributed by atoms with Crippen LogP contribution in [0.2, 0.25) is 10.0 Å². The summed E-state index contributed by atoms with van der Waals surface area (Å²) in [5.41, 5.74) is 5.15. The van der Waals surface area contributed by atoms with Crippen molar-refractivity contribution in [2.45, 2.75) is 0 Å². The molecule has 0 spiro atoms. The Balaban J connectivity index is 2.89. The highest BCUT2D eigenvalue weighted by atomic mass is 35.5. The Morgan fingerprint density at radius 3 is 2.50 bits per heavy atom. The molecule has 2 nitrogen and oxygen atoms in total. The molecule has 64 valence electrons. The molecular formula is C7H5Cl2NOS. The molecule has 0 atom stereocenters. The minimum absolute atomic E-state index is 0.0478. The van der Waals surface area contributed by atoms with Crippen LogP contribution < -0.4 is 10.5 Å². The van der Waals surface area contributed by atoms with Gasteiger partial charge in [0.2, 0.25) is 0 Å². The molecule has 0 aliphatic heterocycles. The van der Waals surface area contributed by atoms with Crippen LogP contribution in [0.5, 0.6) is 5.75 Å². The molecule has 0 radical (unpaired) electrons. The summed E-state index contributed by atoms with van der Waals surface area (Å²) in [6, 6.07) is 4.79. The van der Waals surface area contributed by atoms with E-state index < -0.39 is 0 Å². The molecule has 5 heteroatoms. The average molecular weight is 222 g/mol. The molecule has 1 aromatic carbocycles. The van der Waals surface area contributed by atoms with E-state index >= 15 is 0 Å². The summed E-state index contributed by atoms with van der Waals surface area (Å²) in [6.45, 7) is 0. The van der Waals surface area contributed by atoms with E-state index in [0.717, 1.165) is 0 Å². The molecule has 12 heavy (non-hydrogen) atoms. The van der Waals surface area contributed by atoms with Crippen molar-refractivity contribution in [1.82, 2.24) is 0 Å². The topological polar surface area (TPSA) is 35.2 Å². The zero-order valence-electron chi connectivity index (χ0n) is 5.88. The minimum Gasteiger partial charge on any atom is -0.432 e. The molecule has 0 saturated carbocycles. The number of nitrogens with two attached hydrogens (primary N) is 1. The van der Waals surface area contributed by atoms with E-state index in [4.69, 9.17) is 33.7 Å². The van der Waals surface area contributed by atoms with Crippen LogP contribution in [0.4, 0.5) is 0 Å². The van der Waals surface area contributed by atoms with E-state index in [1.807, 2.05) is 0 Å². The van der Waals surface area contributed by atoms with Crippen molar-refractivity contribution in [1.29, 1.82) is 0 Å². The maximum absolute atomic E-state index is 5.70. The van der Waals surface area contributed by atoms with Crippen LogP contribution in [0.25, 0.3) is 0 Å². The fourth-order valence-corrected chi connectivity index (χ4v) is 1.04. The van der Waals surface area contributed by atoms with Gasteiger partial charge in [-0.15, -0.1) is 0 Å². The predicted octanol–water partition coefficient (Wildman–Crippen LogP) is 2.62. The van der Waals surface area contributed by atoms with Gasteiger partial charge in [0, 0.05) is 6.07 Å². The molecule has 2 N–H and O–H groups in total. The lowest BCUT2D eigenvalue weighted by atomic mass is 10.3. The first-order valence-electron chi connectivity index (χ1n) is 3.02. The van der Waals surface area contributed by atoms with Crippen molar-refractivity contribution in [3.63, 3.8) is 0 Å². The standard InChI is InChI=1S/C7H5Cl2NOS/c8-5-2-1-4(3-6(5)9)11-7(10)12/h1-3H,(H2,10,12). The van der Waals surface area contributed by atoms with Gasteiger partial charge in [0.25, 0.3) is 5.17 Å². The van der Waals surface area contributed by atoms with Crippen LogP contribution in [0, 0.1) is 0 Å². The van der Waals surface area contributed by atoms with Crippen LogP contribution >= 0.6 is 35.4 Å². The van der Waals surface area contributed by atoms with Gasteiger partial charge in [0.15, 0.2) is 0 Å². The van der Waals surface area contributed by atoms with Crippen molar-refractivity contribution >= 4 is 40.6 Å². The third-order valence-corrected chi connectivity index (χ3v) is 1.93. The Morgan fingerprint density at radius 1 is 1.33 bits per heavy atom. The van der Waals surface area contributed by atoms with E-state index in [1.54, 1.807) is 18.2 Å². The fraction of sp³-hybridized carbons (Fsp3) is 0. The number of ether oxygens (including phenoxy) is 1. The molecule has 0 saturated heterocycles. The lowest BCUT2D eigenvalue weighted by molar-refractivity contribution is 0.557. The summed E-state index contributed by atoms with van der Waals surface area (Å²) in [4.78, 5) is 0. The summed E-state index contributed by atoms with van der Waals surface area (Å²) >= 11 is 15.9. The van der Waals surface area contributed by atoms with Crippen molar-refractivity contribution in [3.05, 3.63) is 28.2 Å². The average Bonchev–Trinajstić information content (AvgIpc) is 1.96. The van der Waals surface area contributed by atoms with Crippen LogP contribution in [0.3, 0.4) is 0 Å². The zero-order valence-corrected chi connectivity index (χ0v) is 8.21. The molecule has 0 fully saturated rings. The first kappa shape index (κ1) is 9.58. The Labute approximate surface area is 85.2 Å². The number of thiocarbonyl (C=S) groups is 1. The molecule has 1 aromatic rings. The summed E-state index contributed by atoms with van der Waals surface area (Å²) < 4.78 is 4.92. The van der Waals surface area contributed by atoms with E-state index in [2.05, 4.69) is 12.2 Å². The zero-order chi connectivity index (χ0) is 9.14. The van der Waals surface area contributed by atoms with Gasteiger partial charge in [-0.2, -0.15) is 0 Å². The fourth-order valence-electron chi connectivity index (χ4n) is 0.656. The number of rotatable bonds is 1. The first-order valence-corrected chi connectivity index (χ1v) is 4.18. The number of benzene rings is 1. The highest BCUT2D eigenvalue weighted by molar-refractivity contribution is 7.80. The number of hydrogen-bond acceptors (Lipinski definition) is 2. The minimum atomic E-state index is -0.0478. The number of halogens is 2. The molecule has 0 aromatic heterocycles. The highest BCUT2D eigenvalue weighted by Gasteiger charge is 2.00. The van der Waals surface area contributed by atoms with Gasteiger partial charge in [-0.1, -0.05) is 23.2 Å². The van der Waals surface area contributed by atoms with Crippen LogP contribution in [0.15, 0.2) is 18.2 Å². The Kier molecular flexibility index (Phi) is 3.14. The van der Waals surface area contributed by atoms with Gasteiger partial charge >= 0.3 is 0 Å². The summed E-state index contributed by atoms with van der Waals surface area (Å²) in [6.07, 6.45) is 0. The van der Waals surface area contributed by atoms with Gasteiger partial charge in [-0.25, -0.2) is 0 Å². The molecule has 0 aliphatic carbocycles. The van der Waals surface area contributed by atoms with Gasteiger partial charge < -0.3 is 10.5 Å². The molecular weight excluding hydrogens is 217 g/mol. The smallest absolute Gasteiger partial charge is 0.259 e. The van der Waals surface area contributed by atoms with Gasteiger partial charge in [-0.3, -0.25) is 0 Å². The van der Waals surface area contributed by atoms with E-state index in [-0.39, 0.29) is 5.17 Å².